The molecule has 1 aliphatic rings. The van der Waals surface area contributed by atoms with Gasteiger partial charge in [-0.15, -0.1) is 0 Å². The van der Waals surface area contributed by atoms with E-state index in [-0.39, 0.29) is 29.4 Å². The van der Waals surface area contributed by atoms with Crippen molar-refractivity contribution in [1.82, 2.24) is 9.97 Å². The Morgan fingerprint density at radius 1 is 1.58 bits per heavy atom. The van der Waals surface area contributed by atoms with Crippen LogP contribution in [0.25, 0.3) is 0 Å². The molecule has 2 N–H and O–H groups in total. The molecule has 0 saturated heterocycles. The molecule has 0 aliphatic heterocycles. The highest BCUT2D eigenvalue weighted by atomic mass is 16.6. The third-order valence-corrected chi connectivity index (χ3v) is 3.32. The van der Waals surface area contributed by atoms with Gasteiger partial charge in [0.25, 0.3) is 5.88 Å². The van der Waals surface area contributed by atoms with Crippen LogP contribution < -0.4 is 10.1 Å². The van der Waals surface area contributed by atoms with Crippen LogP contribution in [0.5, 0.6) is 5.88 Å². The number of aliphatic hydroxyl groups is 1. The summed E-state index contributed by atoms with van der Waals surface area (Å²) in [4.78, 5) is 18.0. The highest BCUT2D eigenvalue weighted by Gasteiger charge is 2.28. The van der Waals surface area contributed by atoms with Crippen LogP contribution >= 0.6 is 0 Å². The zero-order chi connectivity index (χ0) is 13.8. The van der Waals surface area contributed by atoms with Crippen molar-refractivity contribution in [1.29, 1.82) is 0 Å². The van der Waals surface area contributed by atoms with Gasteiger partial charge in [-0.2, -0.15) is 4.98 Å². The van der Waals surface area contributed by atoms with Crippen LogP contribution in [0.3, 0.4) is 0 Å². The van der Waals surface area contributed by atoms with Gasteiger partial charge < -0.3 is 15.2 Å². The molecule has 8 nitrogen and oxygen atoms in total. The summed E-state index contributed by atoms with van der Waals surface area (Å²) in [5.41, 5.74) is -0.280. The fourth-order valence-electron chi connectivity index (χ4n) is 2.29. The van der Waals surface area contributed by atoms with Crippen LogP contribution in [0.1, 0.15) is 19.3 Å². The highest BCUT2D eigenvalue weighted by molar-refractivity contribution is 5.61. The van der Waals surface area contributed by atoms with Crippen LogP contribution in [0.4, 0.5) is 11.5 Å². The van der Waals surface area contributed by atoms with Crippen LogP contribution in [-0.2, 0) is 0 Å². The zero-order valence-electron chi connectivity index (χ0n) is 10.6. The Balaban J connectivity index is 2.13. The van der Waals surface area contributed by atoms with Crippen molar-refractivity contribution in [2.24, 2.45) is 5.92 Å². The maximum Gasteiger partial charge on any atom is 0.372 e. The maximum atomic E-state index is 11.0. The molecule has 8 heteroatoms. The molecule has 1 aliphatic carbocycles. The van der Waals surface area contributed by atoms with Crippen LogP contribution in [0.2, 0.25) is 0 Å². The second-order valence-corrected chi connectivity index (χ2v) is 4.48. The molecule has 2 atom stereocenters. The molecule has 0 bridgehead atoms. The summed E-state index contributed by atoms with van der Waals surface area (Å²) in [5, 5.41) is 23.6. The van der Waals surface area contributed by atoms with E-state index in [1.165, 1.54) is 13.4 Å². The number of aliphatic hydroxyl groups excluding tert-OH is 1. The lowest BCUT2D eigenvalue weighted by atomic mass is 10.1. The van der Waals surface area contributed by atoms with Gasteiger partial charge in [-0.1, -0.05) is 6.42 Å². The molecule has 1 fully saturated rings. The number of methoxy groups -OCH3 is 1. The Bertz CT molecular complexity index is 468. The van der Waals surface area contributed by atoms with Gasteiger partial charge in [-0.3, -0.25) is 10.1 Å². The van der Waals surface area contributed by atoms with Gasteiger partial charge in [0, 0.05) is 12.5 Å². The van der Waals surface area contributed by atoms with E-state index in [2.05, 4.69) is 15.3 Å². The summed E-state index contributed by atoms with van der Waals surface area (Å²) < 4.78 is 4.86. The molecule has 2 rings (SSSR count). The van der Waals surface area contributed by atoms with Crippen molar-refractivity contribution in [3.8, 4) is 5.88 Å². The highest BCUT2D eigenvalue weighted by Crippen LogP contribution is 2.31. The standard InChI is InChI=1S/C11H16N4O4/c1-19-11-9(15(17)18)10(13-6-14-11)12-5-7-3-2-4-8(7)16/h6-8,16H,2-5H2,1H3,(H,12,13,14). The molecule has 19 heavy (non-hydrogen) atoms. The van der Waals surface area contributed by atoms with Crippen LogP contribution in [0.15, 0.2) is 6.33 Å². The third kappa shape index (κ3) is 2.90. The maximum absolute atomic E-state index is 11.0. The number of rotatable bonds is 5. The predicted molar refractivity (Wildman–Crippen MR) is 67.1 cm³/mol. The molecule has 0 amide bonds. The van der Waals surface area contributed by atoms with Gasteiger partial charge in [-0.25, -0.2) is 4.98 Å². The fraction of sp³-hybridized carbons (Fsp3) is 0.636. The van der Waals surface area contributed by atoms with E-state index < -0.39 is 4.92 Å². The van der Waals surface area contributed by atoms with Crippen molar-refractivity contribution in [3.63, 3.8) is 0 Å². The van der Waals surface area contributed by atoms with Gasteiger partial charge in [0.2, 0.25) is 5.82 Å². The van der Waals surface area contributed by atoms with E-state index in [0.29, 0.717) is 6.54 Å². The van der Waals surface area contributed by atoms with Gasteiger partial charge in [0.1, 0.15) is 6.33 Å². The first kappa shape index (κ1) is 13.5. The van der Waals surface area contributed by atoms with Crippen molar-refractivity contribution in [2.75, 3.05) is 19.0 Å². The quantitative estimate of drug-likeness (QED) is 0.604. The third-order valence-electron chi connectivity index (χ3n) is 3.32. The summed E-state index contributed by atoms with van der Waals surface area (Å²) in [7, 11) is 1.32. The molecular formula is C11H16N4O4. The molecule has 1 aromatic rings. The minimum atomic E-state index is -0.577. The summed E-state index contributed by atoms with van der Waals surface area (Å²) in [6.07, 6.45) is 3.52. The van der Waals surface area contributed by atoms with Gasteiger partial charge in [0.05, 0.1) is 18.1 Å². The van der Waals surface area contributed by atoms with E-state index in [4.69, 9.17) is 4.74 Å². The van der Waals surface area contributed by atoms with Crippen molar-refractivity contribution in [3.05, 3.63) is 16.4 Å². The first-order valence-electron chi connectivity index (χ1n) is 6.08. The number of nitrogens with zero attached hydrogens (tertiary/aromatic N) is 3. The van der Waals surface area contributed by atoms with Gasteiger partial charge in [0.15, 0.2) is 0 Å². The lowest BCUT2D eigenvalue weighted by Crippen LogP contribution is -2.22. The van der Waals surface area contributed by atoms with Crippen LogP contribution in [-0.4, -0.2) is 39.8 Å². The topological polar surface area (TPSA) is 110 Å². The summed E-state index contributed by atoms with van der Waals surface area (Å²) in [5.74, 6) is 0.144. The SMILES string of the molecule is COc1ncnc(NCC2CCCC2O)c1[N+](=O)[O-]. The van der Waals surface area contributed by atoms with Crippen molar-refractivity contribution in [2.45, 2.75) is 25.4 Å². The second kappa shape index (κ2) is 5.79. The van der Waals surface area contributed by atoms with Gasteiger partial charge in [-0.05, 0) is 12.8 Å². The van der Waals surface area contributed by atoms with Crippen molar-refractivity contribution >= 4 is 11.5 Å². The Hall–Kier alpha value is -1.96. The minimum Gasteiger partial charge on any atom is -0.476 e. The number of anilines is 1. The van der Waals surface area contributed by atoms with E-state index in [1.807, 2.05) is 0 Å². The van der Waals surface area contributed by atoms with E-state index in [1.54, 1.807) is 0 Å². The smallest absolute Gasteiger partial charge is 0.372 e. The Morgan fingerprint density at radius 2 is 2.37 bits per heavy atom. The molecule has 1 heterocycles. The minimum absolute atomic E-state index is 0.0746. The van der Waals surface area contributed by atoms with Crippen LogP contribution in [0, 0.1) is 16.0 Å². The summed E-state index contributed by atoms with van der Waals surface area (Å²) >= 11 is 0. The predicted octanol–water partition coefficient (Wildman–Crippen LogP) is 0.966. The zero-order valence-corrected chi connectivity index (χ0v) is 10.6. The van der Waals surface area contributed by atoms with E-state index >= 15 is 0 Å². The average molecular weight is 268 g/mol. The van der Waals surface area contributed by atoms with Crippen molar-refractivity contribution < 1.29 is 14.8 Å². The molecule has 1 aromatic heterocycles. The monoisotopic (exact) mass is 268 g/mol. The number of ether oxygens (including phenoxy) is 1. The number of aromatic nitrogens is 2. The Kier molecular flexibility index (Phi) is 4.10. The molecular weight excluding hydrogens is 252 g/mol. The summed E-state index contributed by atoms with van der Waals surface area (Å²) in [6, 6.07) is 0. The first-order valence-corrected chi connectivity index (χ1v) is 6.08. The van der Waals surface area contributed by atoms with E-state index in [0.717, 1.165) is 19.3 Å². The number of nitro groups is 1. The van der Waals surface area contributed by atoms with E-state index in [9.17, 15) is 15.2 Å². The normalized spacial score (nSPS) is 22.2. The number of hydrogen-bond acceptors (Lipinski definition) is 7. The first-order chi connectivity index (χ1) is 9.13. The van der Waals surface area contributed by atoms with Gasteiger partial charge >= 0.3 is 5.69 Å². The summed E-state index contributed by atoms with van der Waals surface area (Å²) in [6.45, 7) is 0.447. The number of hydrogen-bond donors (Lipinski definition) is 2. The fourth-order valence-corrected chi connectivity index (χ4v) is 2.29. The lowest BCUT2D eigenvalue weighted by Gasteiger charge is -2.15. The second-order valence-electron chi connectivity index (χ2n) is 4.48. The molecule has 1 saturated carbocycles. The Morgan fingerprint density at radius 3 is 2.95 bits per heavy atom. The Labute approximate surface area is 110 Å². The molecule has 104 valence electrons. The molecule has 0 radical (unpaired) electrons. The molecule has 0 aromatic carbocycles. The number of nitrogens with one attached hydrogen (secondary N) is 1. The molecule has 2 unspecified atom stereocenters. The molecule has 0 spiro atoms. The average Bonchev–Trinajstić information content (AvgIpc) is 2.81. The lowest BCUT2D eigenvalue weighted by molar-refractivity contribution is -0.385. The largest absolute Gasteiger partial charge is 0.476 e.